The topological polar surface area (TPSA) is 55.1 Å². The van der Waals surface area contributed by atoms with Crippen molar-refractivity contribution in [2.45, 2.75) is 13.0 Å². The van der Waals surface area contributed by atoms with Crippen LogP contribution in [0, 0.1) is 11.6 Å². The van der Waals surface area contributed by atoms with Gasteiger partial charge in [0.25, 0.3) is 5.91 Å². The Bertz CT molecular complexity index is 691. The number of rotatable bonds is 3. The lowest BCUT2D eigenvalue weighted by atomic mass is 10.1. The molecule has 0 aliphatic heterocycles. The molecule has 0 radical (unpaired) electrons. The van der Waals surface area contributed by atoms with Crippen LogP contribution in [0.4, 0.5) is 14.5 Å². The number of anilines is 1. The van der Waals surface area contributed by atoms with Crippen LogP contribution in [0.2, 0.25) is 5.02 Å². The van der Waals surface area contributed by atoms with Gasteiger partial charge >= 0.3 is 0 Å². The van der Waals surface area contributed by atoms with Gasteiger partial charge in [-0.05, 0) is 30.7 Å². The first-order valence-corrected chi connectivity index (χ1v) is 6.58. The summed E-state index contributed by atoms with van der Waals surface area (Å²) in [5.41, 5.74) is 5.02. The Labute approximate surface area is 125 Å². The molecule has 0 aliphatic carbocycles. The van der Waals surface area contributed by atoms with E-state index in [0.717, 1.165) is 12.1 Å². The molecule has 1 amide bonds. The highest BCUT2D eigenvalue weighted by Crippen LogP contribution is 2.24. The lowest BCUT2D eigenvalue weighted by Gasteiger charge is -2.16. The van der Waals surface area contributed by atoms with Crippen molar-refractivity contribution in [3.05, 3.63) is 64.2 Å². The van der Waals surface area contributed by atoms with Crippen molar-refractivity contribution in [2.75, 3.05) is 5.73 Å². The fourth-order valence-electron chi connectivity index (χ4n) is 1.95. The van der Waals surface area contributed by atoms with E-state index < -0.39 is 29.1 Å². The minimum Gasteiger partial charge on any atom is -0.396 e. The van der Waals surface area contributed by atoms with Crippen molar-refractivity contribution in [3.8, 4) is 0 Å². The summed E-state index contributed by atoms with van der Waals surface area (Å²) in [6, 6.07) is 8.40. The van der Waals surface area contributed by atoms with Crippen LogP contribution in [0.15, 0.2) is 36.4 Å². The summed E-state index contributed by atoms with van der Waals surface area (Å²) in [7, 11) is 0. The van der Waals surface area contributed by atoms with Crippen LogP contribution >= 0.6 is 11.6 Å². The monoisotopic (exact) mass is 310 g/mol. The molecule has 2 rings (SSSR count). The molecule has 2 aromatic carbocycles. The molecule has 0 saturated heterocycles. The molecule has 3 N–H and O–H groups in total. The van der Waals surface area contributed by atoms with Gasteiger partial charge in [-0.25, -0.2) is 8.78 Å². The summed E-state index contributed by atoms with van der Waals surface area (Å²) in [5.74, 6) is -2.92. The minimum absolute atomic E-state index is 0.285. The van der Waals surface area contributed by atoms with E-state index in [2.05, 4.69) is 5.32 Å². The second-order valence-electron chi connectivity index (χ2n) is 4.54. The van der Waals surface area contributed by atoms with E-state index >= 15 is 0 Å². The SMILES string of the molecule is CC(NC(=O)c1c(F)ccc(N)c1F)c1ccccc1Cl. The predicted octanol–water partition coefficient (Wildman–Crippen LogP) is 3.69. The Morgan fingerprint density at radius 3 is 2.57 bits per heavy atom. The Morgan fingerprint density at radius 1 is 1.24 bits per heavy atom. The van der Waals surface area contributed by atoms with E-state index in [1.807, 2.05) is 0 Å². The summed E-state index contributed by atoms with van der Waals surface area (Å²) < 4.78 is 27.4. The number of nitrogen functional groups attached to an aromatic ring is 1. The number of amides is 1. The number of hydrogen-bond donors (Lipinski definition) is 2. The van der Waals surface area contributed by atoms with Gasteiger partial charge in [0.2, 0.25) is 0 Å². The molecule has 1 atom stereocenters. The molecule has 0 bridgehead atoms. The summed E-state index contributed by atoms with van der Waals surface area (Å²) in [6.45, 7) is 1.67. The van der Waals surface area contributed by atoms with Crippen molar-refractivity contribution >= 4 is 23.2 Å². The third-order valence-electron chi connectivity index (χ3n) is 3.07. The fraction of sp³-hybridized carbons (Fsp3) is 0.133. The number of halogens is 3. The molecule has 2 aromatic rings. The summed E-state index contributed by atoms with van der Waals surface area (Å²) in [5, 5.41) is 2.96. The summed E-state index contributed by atoms with van der Waals surface area (Å²) in [6.07, 6.45) is 0. The molecule has 0 aromatic heterocycles. The van der Waals surface area contributed by atoms with E-state index in [1.165, 1.54) is 0 Å². The van der Waals surface area contributed by atoms with Gasteiger partial charge < -0.3 is 11.1 Å². The quantitative estimate of drug-likeness (QED) is 0.849. The summed E-state index contributed by atoms with van der Waals surface area (Å²) >= 11 is 6.02. The molecule has 110 valence electrons. The van der Waals surface area contributed by atoms with Gasteiger partial charge in [0, 0.05) is 5.02 Å². The Morgan fingerprint density at radius 2 is 1.90 bits per heavy atom. The van der Waals surface area contributed by atoms with Crippen LogP contribution < -0.4 is 11.1 Å². The molecular weight excluding hydrogens is 298 g/mol. The number of hydrogen-bond acceptors (Lipinski definition) is 2. The first-order valence-electron chi connectivity index (χ1n) is 6.20. The highest BCUT2D eigenvalue weighted by atomic mass is 35.5. The van der Waals surface area contributed by atoms with Crippen molar-refractivity contribution < 1.29 is 13.6 Å². The van der Waals surface area contributed by atoms with Crippen LogP contribution in [0.3, 0.4) is 0 Å². The van der Waals surface area contributed by atoms with Gasteiger partial charge in [-0.3, -0.25) is 4.79 Å². The van der Waals surface area contributed by atoms with Gasteiger partial charge in [-0.2, -0.15) is 0 Å². The van der Waals surface area contributed by atoms with E-state index in [1.54, 1.807) is 31.2 Å². The molecule has 6 heteroatoms. The lowest BCUT2D eigenvalue weighted by Crippen LogP contribution is -2.28. The van der Waals surface area contributed by atoms with Gasteiger partial charge in [0.1, 0.15) is 11.4 Å². The Kier molecular flexibility index (Phi) is 4.43. The largest absolute Gasteiger partial charge is 0.396 e. The average Bonchev–Trinajstić information content (AvgIpc) is 2.43. The van der Waals surface area contributed by atoms with E-state index in [9.17, 15) is 13.6 Å². The zero-order valence-electron chi connectivity index (χ0n) is 11.2. The second-order valence-corrected chi connectivity index (χ2v) is 4.95. The Hall–Kier alpha value is -2.14. The zero-order chi connectivity index (χ0) is 15.6. The number of carbonyl (C=O) groups excluding carboxylic acids is 1. The van der Waals surface area contributed by atoms with E-state index in [4.69, 9.17) is 17.3 Å². The smallest absolute Gasteiger partial charge is 0.257 e. The average molecular weight is 311 g/mol. The maximum absolute atomic E-state index is 13.8. The van der Waals surface area contributed by atoms with Crippen molar-refractivity contribution in [1.82, 2.24) is 5.32 Å². The van der Waals surface area contributed by atoms with Crippen LogP contribution in [-0.4, -0.2) is 5.91 Å². The number of carbonyl (C=O) groups is 1. The van der Waals surface area contributed by atoms with Crippen LogP contribution in [0.5, 0.6) is 0 Å². The van der Waals surface area contributed by atoms with Gasteiger partial charge in [-0.1, -0.05) is 29.8 Å². The molecule has 0 heterocycles. The summed E-state index contributed by atoms with van der Waals surface area (Å²) in [4.78, 5) is 12.0. The third-order valence-corrected chi connectivity index (χ3v) is 3.41. The third kappa shape index (κ3) is 3.13. The lowest BCUT2D eigenvalue weighted by molar-refractivity contribution is 0.0931. The van der Waals surface area contributed by atoms with Gasteiger partial charge in [-0.15, -0.1) is 0 Å². The molecule has 0 spiro atoms. The molecule has 0 saturated carbocycles. The number of benzene rings is 2. The molecule has 0 fully saturated rings. The van der Waals surface area contributed by atoms with E-state index in [-0.39, 0.29) is 5.69 Å². The number of nitrogens with one attached hydrogen (secondary N) is 1. The van der Waals surface area contributed by atoms with Crippen molar-refractivity contribution in [3.63, 3.8) is 0 Å². The van der Waals surface area contributed by atoms with Gasteiger partial charge in [0.15, 0.2) is 5.82 Å². The fourth-order valence-corrected chi connectivity index (χ4v) is 2.25. The number of nitrogens with two attached hydrogens (primary N) is 1. The predicted molar refractivity (Wildman–Crippen MR) is 78.1 cm³/mol. The highest BCUT2D eigenvalue weighted by molar-refractivity contribution is 6.31. The molecule has 0 aliphatic rings. The maximum atomic E-state index is 13.8. The standard InChI is InChI=1S/C15H13ClF2N2O/c1-8(9-4-2-3-5-10(9)16)20-15(21)13-11(17)6-7-12(19)14(13)18/h2-8H,19H2,1H3,(H,20,21). The van der Waals surface area contributed by atoms with E-state index in [0.29, 0.717) is 10.6 Å². The van der Waals surface area contributed by atoms with Crippen LogP contribution in [0.1, 0.15) is 28.9 Å². The molecule has 1 unspecified atom stereocenters. The van der Waals surface area contributed by atoms with Crippen molar-refractivity contribution in [2.24, 2.45) is 0 Å². The second kappa shape index (κ2) is 6.10. The first kappa shape index (κ1) is 15.3. The van der Waals surface area contributed by atoms with Crippen molar-refractivity contribution in [1.29, 1.82) is 0 Å². The van der Waals surface area contributed by atoms with Crippen LogP contribution in [0.25, 0.3) is 0 Å². The Balaban J connectivity index is 2.27. The molecule has 21 heavy (non-hydrogen) atoms. The van der Waals surface area contributed by atoms with Gasteiger partial charge in [0.05, 0.1) is 11.7 Å². The minimum atomic E-state index is -1.07. The van der Waals surface area contributed by atoms with Crippen LogP contribution in [-0.2, 0) is 0 Å². The first-order chi connectivity index (χ1) is 9.91. The zero-order valence-corrected chi connectivity index (χ0v) is 11.9. The molecular formula is C15H13ClF2N2O. The highest BCUT2D eigenvalue weighted by Gasteiger charge is 2.21. The maximum Gasteiger partial charge on any atom is 0.257 e. The normalized spacial score (nSPS) is 12.0. The molecule has 3 nitrogen and oxygen atoms in total.